The van der Waals surface area contributed by atoms with E-state index in [0.717, 1.165) is 11.1 Å². The van der Waals surface area contributed by atoms with Gasteiger partial charge in [0.1, 0.15) is 12.3 Å². The lowest BCUT2D eigenvalue weighted by Crippen LogP contribution is -2.27. The monoisotopic (exact) mass is 411 g/mol. The molecule has 0 aliphatic rings. The Balaban J connectivity index is 1.47. The third-order valence-electron chi connectivity index (χ3n) is 4.67. The molecule has 3 aromatic carbocycles. The number of hydrogen-bond acceptors (Lipinski definition) is 4. The van der Waals surface area contributed by atoms with E-state index in [1.54, 1.807) is 18.2 Å². The summed E-state index contributed by atoms with van der Waals surface area (Å²) >= 11 is 0. The molecular formula is C25H21N3O3. The zero-order chi connectivity index (χ0) is 21.6. The summed E-state index contributed by atoms with van der Waals surface area (Å²) in [7, 11) is 0. The van der Waals surface area contributed by atoms with Crippen molar-refractivity contribution in [2.45, 2.75) is 13.5 Å². The summed E-state index contributed by atoms with van der Waals surface area (Å²) in [6.07, 6.45) is 1.39. The molecule has 1 aromatic heterocycles. The Morgan fingerprint density at radius 3 is 2.42 bits per heavy atom. The van der Waals surface area contributed by atoms with E-state index in [1.807, 2.05) is 67.6 Å². The lowest BCUT2D eigenvalue weighted by molar-refractivity contribution is -0.116. The van der Waals surface area contributed by atoms with Gasteiger partial charge < -0.3 is 10.1 Å². The van der Waals surface area contributed by atoms with E-state index in [9.17, 15) is 9.59 Å². The standard InChI is InChI=1S/C25H21N3O3/c1-18-11-13-19(14-12-18)22-15-25(30)28(17-26-22)16-24(29)27-21-9-5-6-10-23(21)31-20-7-3-2-4-8-20/h2-15,17H,16H2,1H3,(H,27,29). The van der Waals surface area contributed by atoms with Crippen molar-refractivity contribution in [2.24, 2.45) is 0 Å². The Labute approximate surface area is 179 Å². The van der Waals surface area contributed by atoms with Crippen LogP contribution in [0.4, 0.5) is 5.69 Å². The van der Waals surface area contributed by atoms with Gasteiger partial charge in [0.15, 0.2) is 5.75 Å². The molecule has 4 aromatic rings. The number of ether oxygens (including phenoxy) is 1. The number of carbonyl (C=O) groups is 1. The quantitative estimate of drug-likeness (QED) is 0.501. The van der Waals surface area contributed by atoms with Gasteiger partial charge in [0.2, 0.25) is 5.91 Å². The molecule has 154 valence electrons. The molecular weight excluding hydrogens is 390 g/mol. The van der Waals surface area contributed by atoms with Gasteiger partial charge >= 0.3 is 0 Å². The van der Waals surface area contributed by atoms with E-state index in [0.29, 0.717) is 22.9 Å². The third kappa shape index (κ3) is 5.05. The molecule has 0 unspecified atom stereocenters. The fourth-order valence-electron chi connectivity index (χ4n) is 3.05. The second-order valence-electron chi connectivity index (χ2n) is 7.07. The maximum absolute atomic E-state index is 12.6. The third-order valence-corrected chi connectivity index (χ3v) is 4.67. The van der Waals surface area contributed by atoms with Gasteiger partial charge in [-0.2, -0.15) is 0 Å². The molecule has 0 bridgehead atoms. The predicted octanol–water partition coefficient (Wildman–Crippen LogP) is 4.65. The summed E-state index contributed by atoms with van der Waals surface area (Å²) in [6.45, 7) is 1.84. The molecule has 0 fully saturated rings. The van der Waals surface area contributed by atoms with Crippen molar-refractivity contribution in [2.75, 3.05) is 5.32 Å². The highest BCUT2D eigenvalue weighted by molar-refractivity contribution is 5.92. The number of carbonyl (C=O) groups excluding carboxylic acids is 1. The average Bonchev–Trinajstić information content (AvgIpc) is 2.78. The molecule has 0 aliphatic heterocycles. The Kier molecular flexibility index (Phi) is 5.89. The molecule has 0 saturated carbocycles. The minimum Gasteiger partial charge on any atom is -0.455 e. The molecule has 1 heterocycles. The van der Waals surface area contributed by atoms with Gasteiger partial charge in [0.25, 0.3) is 5.56 Å². The molecule has 0 radical (unpaired) electrons. The smallest absolute Gasteiger partial charge is 0.254 e. The molecule has 6 heteroatoms. The van der Waals surface area contributed by atoms with Crippen LogP contribution in [0.25, 0.3) is 11.3 Å². The largest absolute Gasteiger partial charge is 0.455 e. The second-order valence-corrected chi connectivity index (χ2v) is 7.07. The van der Waals surface area contributed by atoms with Crippen molar-refractivity contribution in [1.82, 2.24) is 9.55 Å². The van der Waals surface area contributed by atoms with Crippen molar-refractivity contribution in [3.63, 3.8) is 0 Å². The highest BCUT2D eigenvalue weighted by Gasteiger charge is 2.11. The van der Waals surface area contributed by atoms with Crippen LogP contribution >= 0.6 is 0 Å². The first-order chi connectivity index (χ1) is 15.1. The van der Waals surface area contributed by atoms with E-state index in [1.165, 1.54) is 17.0 Å². The van der Waals surface area contributed by atoms with Crippen LogP contribution in [0.1, 0.15) is 5.56 Å². The minimum atomic E-state index is -0.351. The van der Waals surface area contributed by atoms with Gasteiger partial charge in [0.05, 0.1) is 17.7 Å². The van der Waals surface area contributed by atoms with Crippen LogP contribution in [-0.2, 0) is 11.3 Å². The topological polar surface area (TPSA) is 73.2 Å². The number of rotatable bonds is 6. The summed E-state index contributed by atoms with van der Waals surface area (Å²) in [5.41, 5.74) is 2.78. The lowest BCUT2D eigenvalue weighted by atomic mass is 10.1. The zero-order valence-corrected chi connectivity index (χ0v) is 17.0. The first-order valence-corrected chi connectivity index (χ1v) is 9.84. The number of aromatic nitrogens is 2. The number of para-hydroxylation sites is 3. The second kappa shape index (κ2) is 9.09. The molecule has 0 aliphatic carbocycles. The molecule has 0 saturated heterocycles. The SMILES string of the molecule is Cc1ccc(-c2cc(=O)n(CC(=O)Nc3ccccc3Oc3ccccc3)cn2)cc1. The number of nitrogens with one attached hydrogen (secondary N) is 1. The van der Waals surface area contributed by atoms with Crippen molar-refractivity contribution in [1.29, 1.82) is 0 Å². The van der Waals surface area contributed by atoms with E-state index in [4.69, 9.17) is 4.74 Å². The normalized spacial score (nSPS) is 10.5. The molecule has 0 spiro atoms. The maximum atomic E-state index is 12.6. The van der Waals surface area contributed by atoms with E-state index >= 15 is 0 Å². The summed E-state index contributed by atoms with van der Waals surface area (Å²) in [5.74, 6) is 0.828. The van der Waals surface area contributed by atoms with Crippen molar-refractivity contribution >= 4 is 11.6 Å². The van der Waals surface area contributed by atoms with Crippen LogP contribution in [-0.4, -0.2) is 15.5 Å². The number of anilines is 1. The number of hydrogen-bond donors (Lipinski definition) is 1. The van der Waals surface area contributed by atoms with E-state index < -0.39 is 0 Å². The highest BCUT2D eigenvalue weighted by Crippen LogP contribution is 2.29. The highest BCUT2D eigenvalue weighted by atomic mass is 16.5. The Morgan fingerprint density at radius 1 is 0.968 bits per heavy atom. The first kappa shape index (κ1) is 20.1. The molecule has 31 heavy (non-hydrogen) atoms. The molecule has 4 rings (SSSR count). The van der Waals surface area contributed by atoms with Crippen molar-refractivity contribution in [3.8, 4) is 22.8 Å². The van der Waals surface area contributed by atoms with Gasteiger partial charge in [0, 0.05) is 11.6 Å². The average molecular weight is 411 g/mol. The van der Waals surface area contributed by atoms with Gasteiger partial charge in [-0.25, -0.2) is 4.98 Å². The van der Waals surface area contributed by atoms with Gasteiger partial charge in [-0.05, 0) is 31.2 Å². The summed E-state index contributed by atoms with van der Waals surface area (Å²) < 4.78 is 7.13. The summed E-state index contributed by atoms with van der Waals surface area (Å²) in [6, 6.07) is 25.6. The van der Waals surface area contributed by atoms with Gasteiger partial charge in [-0.15, -0.1) is 0 Å². The summed E-state index contributed by atoms with van der Waals surface area (Å²) in [4.78, 5) is 29.4. The van der Waals surface area contributed by atoms with Crippen molar-refractivity contribution in [3.05, 3.63) is 107 Å². The van der Waals surface area contributed by atoms with Crippen LogP contribution in [0.15, 0.2) is 96.1 Å². The number of aryl methyl sites for hydroxylation is 1. The lowest BCUT2D eigenvalue weighted by Gasteiger charge is -2.13. The minimum absolute atomic E-state index is 0.153. The van der Waals surface area contributed by atoms with Crippen LogP contribution < -0.4 is 15.6 Å². The Morgan fingerprint density at radius 2 is 1.68 bits per heavy atom. The van der Waals surface area contributed by atoms with E-state index in [-0.39, 0.29) is 18.0 Å². The van der Waals surface area contributed by atoms with Crippen LogP contribution in [0.5, 0.6) is 11.5 Å². The molecule has 0 atom stereocenters. The number of nitrogens with zero attached hydrogens (tertiary/aromatic N) is 2. The Bertz CT molecular complexity index is 1250. The predicted molar refractivity (Wildman–Crippen MR) is 120 cm³/mol. The van der Waals surface area contributed by atoms with Gasteiger partial charge in [-0.1, -0.05) is 60.2 Å². The van der Waals surface area contributed by atoms with Crippen LogP contribution in [0.3, 0.4) is 0 Å². The summed E-state index contributed by atoms with van der Waals surface area (Å²) in [5, 5.41) is 2.81. The van der Waals surface area contributed by atoms with Crippen molar-refractivity contribution < 1.29 is 9.53 Å². The number of benzene rings is 3. The maximum Gasteiger partial charge on any atom is 0.254 e. The van der Waals surface area contributed by atoms with Gasteiger partial charge in [-0.3, -0.25) is 14.2 Å². The van der Waals surface area contributed by atoms with Crippen LogP contribution in [0, 0.1) is 6.92 Å². The molecule has 1 N–H and O–H groups in total. The molecule has 1 amide bonds. The van der Waals surface area contributed by atoms with Crippen LogP contribution in [0.2, 0.25) is 0 Å². The zero-order valence-electron chi connectivity index (χ0n) is 17.0. The molecule has 6 nitrogen and oxygen atoms in total. The first-order valence-electron chi connectivity index (χ1n) is 9.84. The Hall–Kier alpha value is -4.19. The number of amides is 1. The fourth-order valence-corrected chi connectivity index (χ4v) is 3.05. The van der Waals surface area contributed by atoms with E-state index in [2.05, 4.69) is 10.3 Å². The fraction of sp³-hybridized carbons (Fsp3) is 0.0800.